The minimum absolute atomic E-state index is 0.410. The van der Waals surface area contributed by atoms with Crippen LogP contribution in [0.1, 0.15) is 13.3 Å². The Kier molecular flexibility index (Phi) is 4.81. The van der Waals surface area contributed by atoms with Crippen LogP contribution in [0.3, 0.4) is 0 Å². The van der Waals surface area contributed by atoms with Gasteiger partial charge in [0.05, 0.1) is 11.6 Å². The largest absolute Gasteiger partial charge is 0.476 e. The molecule has 100 valence electrons. The van der Waals surface area contributed by atoms with Crippen LogP contribution in [0.5, 0.6) is 5.88 Å². The Balaban J connectivity index is 2.18. The molecule has 0 saturated carbocycles. The number of aromatic nitrogens is 3. The topological polar surface area (TPSA) is 73.9 Å². The van der Waals surface area contributed by atoms with E-state index in [1.54, 1.807) is 18.3 Å². The summed E-state index contributed by atoms with van der Waals surface area (Å²) in [6.07, 6.45) is 3.90. The average Bonchev–Trinajstić information content (AvgIpc) is 2.42. The number of halogens is 1. The third-order valence-electron chi connectivity index (χ3n) is 2.16. The molecular weight excluding hydrogens is 284 g/mol. The molecule has 0 amide bonds. The number of nitrogens with two attached hydrogens (primary N) is 1. The summed E-state index contributed by atoms with van der Waals surface area (Å²) in [6.45, 7) is 2.59. The fraction of sp³-hybridized carbons (Fsp3) is 0.250. The maximum absolute atomic E-state index is 5.98. The zero-order valence-electron chi connectivity index (χ0n) is 10.3. The van der Waals surface area contributed by atoms with Gasteiger partial charge < -0.3 is 10.5 Å². The summed E-state index contributed by atoms with van der Waals surface area (Å²) in [5, 5.41) is 1.97. The standard InChI is InChI=1S/C12H13ClN4OS/c1-2-5-18-11-10(14)12(17-7-16-11)19-9-4-3-8(13)6-15-9/h3-4,6-7H,2,5,14H2,1H3. The molecule has 2 N–H and O–H groups in total. The highest BCUT2D eigenvalue weighted by molar-refractivity contribution is 7.99. The Morgan fingerprint density at radius 3 is 2.84 bits per heavy atom. The first kappa shape index (κ1) is 13.9. The van der Waals surface area contributed by atoms with Crippen molar-refractivity contribution in [3.05, 3.63) is 29.7 Å². The predicted molar refractivity (Wildman–Crippen MR) is 75.6 cm³/mol. The first-order chi connectivity index (χ1) is 9.20. The average molecular weight is 297 g/mol. The Hall–Kier alpha value is -1.53. The molecule has 2 aromatic heterocycles. The van der Waals surface area contributed by atoms with Gasteiger partial charge in [0, 0.05) is 6.20 Å². The lowest BCUT2D eigenvalue weighted by Crippen LogP contribution is -2.03. The molecule has 0 saturated heterocycles. The fourth-order valence-corrected chi connectivity index (χ4v) is 2.13. The lowest BCUT2D eigenvalue weighted by Gasteiger charge is -2.09. The van der Waals surface area contributed by atoms with Crippen LogP contribution in [0.25, 0.3) is 0 Å². The maximum atomic E-state index is 5.98. The molecular formula is C12H13ClN4OS. The maximum Gasteiger partial charge on any atom is 0.241 e. The van der Waals surface area contributed by atoms with Gasteiger partial charge in [0.1, 0.15) is 22.1 Å². The van der Waals surface area contributed by atoms with Crippen molar-refractivity contribution in [2.45, 2.75) is 23.4 Å². The van der Waals surface area contributed by atoms with Gasteiger partial charge in [-0.2, -0.15) is 4.98 Å². The lowest BCUT2D eigenvalue weighted by atomic mass is 10.5. The van der Waals surface area contributed by atoms with E-state index in [0.29, 0.717) is 28.2 Å². The summed E-state index contributed by atoms with van der Waals surface area (Å²) in [4.78, 5) is 12.3. The predicted octanol–water partition coefficient (Wildman–Crippen LogP) is 3.05. The minimum atomic E-state index is 0.410. The molecule has 2 heterocycles. The zero-order valence-corrected chi connectivity index (χ0v) is 11.9. The Labute approximate surface area is 120 Å². The van der Waals surface area contributed by atoms with Crippen molar-refractivity contribution in [2.24, 2.45) is 0 Å². The van der Waals surface area contributed by atoms with Crippen LogP contribution in [0.4, 0.5) is 5.69 Å². The fourth-order valence-electron chi connectivity index (χ4n) is 1.28. The van der Waals surface area contributed by atoms with Gasteiger partial charge in [-0.1, -0.05) is 18.5 Å². The van der Waals surface area contributed by atoms with Gasteiger partial charge in [0.2, 0.25) is 5.88 Å². The molecule has 0 aliphatic carbocycles. The molecule has 7 heteroatoms. The molecule has 0 radical (unpaired) electrons. The number of hydrogen-bond acceptors (Lipinski definition) is 6. The highest BCUT2D eigenvalue weighted by Gasteiger charge is 2.11. The molecule has 0 unspecified atom stereocenters. The number of anilines is 1. The summed E-state index contributed by atoms with van der Waals surface area (Å²) < 4.78 is 5.45. The Bertz CT molecular complexity index is 550. The van der Waals surface area contributed by atoms with Crippen molar-refractivity contribution in [3.8, 4) is 5.88 Å². The van der Waals surface area contributed by atoms with Crippen LogP contribution in [0, 0.1) is 0 Å². The molecule has 0 spiro atoms. The second-order valence-corrected chi connectivity index (χ2v) is 5.11. The quantitative estimate of drug-likeness (QED) is 0.855. The van der Waals surface area contributed by atoms with E-state index in [1.165, 1.54) is 18.1 Å². The van der Waals surface area contributed by atoms with E-state index in [4.69, 9.17) is 22.1 Å². The van der Waals surface area contributed by atoms with Crippen molar-refractivity contribution in [1.82, 2.24) is 15.0 Å². The molecule has 2 aromatic rings. The van der Waals surface area contributed by atoms with Crippen molar-refractivity contribution in [1.29, 1.82) is 0 Å². The highest BCUT2D eigenvalue weighted by Crippen LogP contribution is 2.33. The summed E-state index contributed by atoms with van der Waals surface area (Å²) in [5.41, 5.74) is 6.41. The van der Waals surface area contributed by atoms with Crippen LogP contribution in [0.15, 0.2) is 34.7 Å². The minimum Gasteiger partial charge on any atom is -0.476 e. The first-order valence-corrected chi connectivity index (χ1v) is 6.93. The molecule has 5 nitrogen and oxygen atoms in total. The van der Waals surface area contributed by atoms with Crippen LogP contribution < -0.4 is 10.5 Å². The molecule has 19 heavy (non-hydrogen) atoms. The molecule has 2 rings (SSSR count). The molecule has 0 aliphatic heterocycles. The molecule has 0 aromatic carbocycles. The Morgan fingerprint density at radius 2 is 2.16 bits per heavy atom. The Morgan fingerprint density at radius 1 is 1.32 bits per heavy atom. The van der Waals surface area contributed by atoms with Gasteiger partial charge in [0.25, 0.3) is 0 Å². The smallest absolute Gasteiger partial charge is 0.241 e. The van der Waals surface area contributed by atoms with Crippen LogP contribution in [0.2, 0.25) is 5.02 Å². The van der Waals surface area contributed by atoms with Gasteiger partial charge >= 0.3 is 0 Å². The third kappa shape index (κ3) is 3.71. The molecule has 0 bridgehead atoms. The summed E-state index contributed by atoms with van der Waals surface area (Å²) in [6, 6.07) is 3.57. The van der Waals surface area contributed by atoms with E-state index in [1.807, 2.05) is 6.92 Å². The molecule has 0 atom stereocenters. The van der Waals surface area contributed by atoms with Crippen molar-refractivity contribution in [3.63, 3.8) is 0 Å². The number of nitrogens with zero attached hydrogens (tertiary/aromatic N) is 3. The van der Waals surface area contributed by atoms with Crippen LogP contribution in [-0.4, -0.2) is 21.6 Å². The van der Waals surface area contributed by atoms with Gasteiger partial charge in [-0.15, -0.1) is 0 Å². The van der Waals surface area contributed by atoms with Crippen molar-refractivity contribution >= 4 is 29.1 Å². The normalized spacial score (nSPS) is 10.4. The van der Waals surface area contributed by atoms with E-state index in [0.717, 1.165) is 11.4 Å². The summed E-state index contributed by atoms with van der Waals surface area (Å²) in [7, 11) is 0. The number of ether oxygens (including phenoxy) is 1. The van der Waals surface area contributed by atoms with Gasteiger partial charge in [-0.3, -0.25) is 0 Å². The summed E-state index contributed by atoms with van der Waals surface area (Å²) >= 11 is 7.13. The highest BCUT2D eigenvalue weighted by atomic mass is 35.5. The second-order valence-electron chi connectivity index (χ2n) is 3.66. The van der Waals surface area contributed by atoms with E-state index in [9.17, 15) is 0 Å². The van der Waals surface area contributed by atoms with E-state index in [2.05, 4.69) is 15.0 Å². The number of nitrogen functional groups attached to an aromatic ring is 1. The van der Waals surface area contributed by atoms with E-state index in [-0.39, 0.29) is 0 Å². The number of hydrogen-bond donors (Lipinski definition) is 1. The van der Waals surface area contributed by atoms with E-state index >= 15 is 0 Å². The zero-order chi connectivity index (χ0) is 13.7. The molecule has 0 aliphatic rings. The third-order valence-corrected chi connectivity index (χ3v) is 3.35. The first-order valence-electron chi connectivity index (χ1n) is 5.73. The SMILES string of the molecule is CCCOc1ncnc(Sc2ccc(Cl)cn2)c1N. The summed E-state index contributed by atoms with van der Waals surface area (Å²) in [5.74, 6) is 0.410. The lowest BCUT2D eigenvalue weighted by molar-refractivity contribution is 0.305. The van der Waals surface area contributed by atoms with Crippen molar-refractivity contribution < 1.29 is 4.74 Å². The number of rotatable bonds is 5. The monoisotopic (exact) mass is 296 g/mol. The van der Waals surface area contributed by atoms with Crippen molar-refractivity contribution in [2.75, 3.05) is 12.3 Å². The van der Waals surface area contributed by atoms with Crippen LogP contribution >= 0.6 is 23.4 Å². The van der Waals surface area contributed by atoms with Gasteiger partial charge in [0.15, 0.2) is 0 Å². The van der Waals surface area contributed by atoms with E-state index < -0.39 is 0 Å². The van der Waals surface area contributed by atoms with Gasteiger partial charge in [-0.05, 0) is 30.3 Å². The van der Waals surface area contributed by atoms with Gasteiger partial charge in [-0.25, -0.2) is 9.97 Å². The van der Waals surface area contributed by atoms with Crippen LogP contribution in [-0.2, 0) is 0 Å². The second kappa shape index (κ2) is 6.58. The molecule has 0 fully saturated rings. The number of pyridine rings is 1.